The van der Waals surface area contributed by atoms with Crippen molar-refractivity contribution >= 4 is 0 Å². The Balaban J connectivity index is 3.55. The highest BCUT2D eigenvalue weighted by Crippen LogP contribution is 2.23. The number of aromatic nitrogens is 2. The molecule has 98 valence electrons. The fourth-order valence-corrected chi connectivity index (χ4v) is 1.92. The largest absolute Gasteiger partial charge is 0.494 e. The number of aromatic amines is 1. The standard InChI is InChI=1S/C13H18N2O3/c1-5-7-9(6-2)15-12(17)10(8(3)4)11(16)14-13(15)18/h2,8-9,17H,5,7H2,1,3-4H3,(H,14,16,18). The van der Waals surface area contributed by atoms with Crippen LogP contribution in [-0.2, 0) is 0 Å². The third kappa shape index (κ3) is 2.48. The zero-order valence-corrected chi connectivity index (χ0v) is 10.9. The van der Waals surface area contributed by atoms with Gasteiger partial charge in [-0.15, -0.1) is 6.42 Å². The molecule has 0 bridgehead atoms. The summed E-state index contributed by atoms with van der Waals surface area (Å²) in [6, 6.07) is -0.545. The first kappa shape index (κ1) is 14.1. The van der Waals surface area contributed by atoms with E-state index in [9.17, 15) is 14.7 Å². The Kier molecular flexibility index (Phi) is 4.38. The van der Waals surface area contributed by atoms with Crippen LogP contribution >= 0.6 is 0 Å². The van der Waals surface area contributed by atoms with Gasteiger partial charge in [0.2, 0.25) is 5.88 Å². The van der Waals surface area contributed by atoms with E-state index in [0.717, 1.165) is 11.0 Å². The lowest BCUT2D eigenvalue weighted by Crippen LogP contribution is -2.34. The lowest BCUT2D eigenvalue weighted by Gasteiger charge is -2.17. The fraction of sp³-hybridized carbons (Fsp3) is 0.538. The number of hydrogen-bond acceptors (Lipinski definition) is 3. The van der Waals surface area contributed by atoms with Crippen molar-refractivity contribution in [3.63, 3.8) is 0 Å². The van der Waals surface area contributed by atoms with Crippen molar-refractivity contribution in [2.45, 2.75) is 45.6 Å². The van der Waals surface area contributed by atoms with E-state index >= 15 is 0 Å². The number of nitrogens with one attached hydrogen (secondary N) is 1. The summed E-state index contributed by atoms with van der Waals surface area (Å²) in [6.45, 7) is 5.47. The molecule has 0 aliphatic heterocycles. The maximum absolute atomic E-state index is 11.8. The van der Waals surface area contributed by atoms with Crippen LogP contribution in [-0.4, -0.2) is 14.7 Å². The second-order valence-electron chi connectivity index (χ2n) is 4.49. The topological polar surface area (TPSA) is 75.1 Å². The quantitative estimate of drug-likeness (QED) is 0.792. The van der Waals surface area contributed by atoms with Crippen LogP contribution in [0.15, 0.2) is 9.59 Å². The van der Waals surface area contributed by atoms with Crippen LogP contribution in [0.1, 0.15) is 51.1 Å². The molecule has 0 spiro atoms. The number of H-pyrrole nitrogens is 1. The molecular weight excluding hydrogens is 232 g/mol. The molecule has 2 N–H and O–H groups in total. The molecule has 1 aromatic heterocycles. The van der Waals surface area contributed by atoms with Crippen LogP contribution < -0.4 is 11.2 Å². The summed E-state index contributed by atoms with van der Waals surface area (Å²) in [4.78, 5) is 25.6. The molecule has 0 aromatic carbocycles. The van der Waals surface area contributed by atoms with Crippen molar-refractivity contribution in [3.05, 3.63) is 26.4 Å². The van der Waals surface area contributed by atoms with Crippen molar-refractivity contribution in [2.24, 2.45) is 0 Å². The van der Waals surface area contributed by atoms with Crippen LogP contribution in [0.5, 0.6) is 5.88 Å². The first-order chi connectivity index (χ1) is 8.43. The minimum Gasteiger partial charge on any atom is -0.494 e. The van der Waals surface area contributed by atoms with Crippen molar-refractivity contribution < 1.29 is 5.11 Å². The molecule has 0 amide bonds. The molecule has 1 heterocycles. The summed E-state index contributed by atoms with van der Waals surface area (Å²) < 4.78 is 1.08. The summed E-state index contributed by atoms with van der Waals surface area (Å²) >= 11 is 0. The molecule has 0 saturated carbocycles. The van der Waals surface area contributed by atoms with E-state index < -0.39 is 17.3 Å². The minimum absolute atomic E-state index is 0.186. The smallest absolute Gasteiger partial charge is 0.332 e. The molecule has 5 nitrogen and oxygen atoms in total. The van der Waals surface area contributed by atoms with E-state index in [-0.39, 0.29) is 17.4 Å². The predicted molar refractivity (Wildman–Crippen MR) is 69.9 cm³/mol. The first-order valence-electron chi connectivity index (χ1n) is 5.97. The summed E-state index contributed by atoms with van der Waals surface area (Å²) in [5.41, 5.74) is -1.04. The van der Waals surface area contributed by atoms with E-state index in [1.54, 1.807) is 13.8 Å². The lowest BCUT2D eigenvalue weighted by atomic mass is 10.1. The summed E-state index contributed by atoms with van der Waals surface area (Å²) in [5.74, 6) is 1.95. The average Bonchev–Trinajstić information content (AvgIpc) is 2.26. The van der Waals surface area contributed by atoms with Gasteiger partial charge in [0.25, 0.3) is 5.56 Å². The summed E-state index contributed by atoms with van der Waals surface area (Å²) in [7, 11) is 0. The van der Waals surface area contributed by atoms with Crippen molar-refractivity contribution in [2.75, 3.05) is 0 Å². The minimum atomic E-state index is -0.668. The zero-order chi connectivity index (χ0) is 13.9. The molecule has 1 rings (SSSR count). The lowest BCUT2D eigenvalue weighted by molar-refractivity contribution is 0.371. The van der Waals surface area contributed by atoms with Crippen LogP contribution in [0.3, 0.4) is 0 Å². The van der Waals surface area contributed by atoms with E-state index in [1.165, 1.54) is 0 Å². The van der Waals surface area contributed by atoms with Crippen LogP contribution in [0.25, 0.3) is 0 Å². The Morgan fingerprint density at radius 2 is 2.06 bits per heavy atom. The van der Waals surface area contributed by atoms with Gasteiger partial charge in [-0.25, -0.2) is 9.36 Å². The molecule has 0 saturated heterocycles. The fourth-order valence-electron chi connectivity index (χ4n) is 1.92. The highest BCUT2D eigenvalue weighted by molar-refractivity contribution is 5.27. The predicted octanol–water partition coefficient (Wildman–Crippen LogP) is 1.34. The number of aromatic hydroxyl groups is 1. The van der Waals surface area contributed by atoms with Gasteiger partial charge in [-0.2, -0.15) is 0 Å². The van der Waals surface area contributed by atoms with Gasteiger partial charge in [-0.3, -0.25) is 9.78 Å². The maximum atomic E-state index is 11.8. The Labute approximate surface area is 105 Å². The van der Waals surface area contributed by atoms with Gasteiger partial charge >= 0.3 is 5.69 Å². The molecule has 1 unspecified atom stereocenters. The Hall–Kier alpha value is -1.96. The number of terminal acetylenes is 1. The average molecular weight is 250 g/mol. The molecule has 0 aliphatic rings. The van der Waals surface area contributed by atoms with E-state index in [1.807, 2.05) is 6.92 Å². The SMILES string of the molecule is C#CC(CCC)n1c(O)c(C(C)C)c(=O)[nH]c1=O. The normalized spacial score (nSPS) is 12.4. The molecule has 0 fully saturated rings. The number of rotatable bonds is 4. The zero-order valence-electron chi connectivity index (χ0n) is 10.9. The number of nitrogens with zero attached hydrogens (tertiary/aromatic N) is 1. The van der Waals surface area contributed by atoms with Crippen molar-refractivity contribution in [1.82, 2.24) is 9.55 Å². The molecular formula is C13H18N2O3. The highest BCUT2D eigenvalue weighted by Gasteiger charge is 2.20. The Bertz CT molecular complexity index is 575. The third-order valence-corrected chi connectivity index (χ3v) is 2.80. The molecule has 0 aliphatic carbocycles. The Morgan fingerprint density at radius 1 is 1.44 bits per heavy atom. The van der Waals surface area contributed by atoms with E-state index in [0.29, 0.717) is 6.42 Å². The molecule has 5 heteroatoms. The summed E-state index contributed by atoms with van der Waals surface area (Å²) in [5, 5.41) is 10.1. The van der Waals surface area contributed by atoms with Gasteiger partial charge in [0.1, 0.15) is 6.04 Å². The van der Waals surface area contributed by atoms with Gasteiger partial charge in [-0.05, 0) is 12.3 Å². The van der Waals surface area contributed by atoms with Gasteiger partial charge in [-0.1, -0.05) is 33.1 Å². The summed E-state index contributed by atoms with van der Waals surface area (Å²) in [6.07, 6.45) is 6.72. The van der Waals surface area contributed by atoms with Gasteiger partial charge in [0.05, 0.1) is 5.56 Å². The Morgan fingerprint density at radius 3 is 2.50 bits per heavy atom. The molecule has 0 radical (unpaired) electrons. The van der Waals surface area contributed by atoms with E-state index in [4.69, 9.17) is 6.42 Å². The van der Waals surface area contributed by atoms with Gasteiger partial charge in [0.15, 0.2) is 0 Å². The van der Waals surface area contributed by atoms with Crippen LogP contribution in [0.2, 0.25) is 0 Å². The van der Waals surface area contributed by atoms with Crippen LogP contribution in [0.4, 0.5) is 0 Å². The second-order valence-corrected chi connectivity index (χ2v) is 4.49. The van der Waals surface area contributed by atoms with Gasteiger partial charge in [0, 0.05) is 0 Å². The van der Waals surface area contributed by atoms with Crippen LogP contribution in [0, 0.1) is 12.3 Å². The van der Waals surface area contributed by atoms with Crippen molar-refractivity contribution in [1.29, 1.82) is 0 Å². The second kappa shape index (κ2) is 5.58. The molecule has 1 atom stereocenters. The maximum Gasteiger partial charge on any atom is 0.332 e. The molecule has 18 heavy (non-hydrogen) atoms. The third-order valence-electron chi connectivity index (χ3n) is 2.80. The van der Waals surface area contributed by atoms with Gasteiger partial charge < -0.3 is 5.11 Å². The van der Waals surface area contributed by atoms with Crippen molar-refractivity contribution in [3.8, 4) is 18.2 Å². The molecule has 1 aromatic rings. The highest BCUT2D eigenvalue weighted by atomic mass is 16.3. The monoisotopic (exact) mass is 250 g/mol. The number of hydrogen-bond donors (Lipinski definition) is 2. The van der Waals surface area contributed by atoms with E-state index in [2.05, 4.69) is 10.9 Å². The first-order valence-corrected chi connectivity index (χ1v) is 5.97.